The number of nitrogens with zero attached hydrogens (tertiary/aromatic N) is 2. The lowest BCUT2D eigenvalue weighted by molar-refractivity contribution is -0.114. The molecule has 1 aliphatic heterocycles. The van der Waals surface area contributed by atoms with Crippen LogP contribution in [0.25, 0.3) is 5.70 Å². The second kappa shape index (κ2) is 9.27. The van der Waals surface area contributed by atoms with Crippen molar-refractivity contribution in [2.75, 3.05) is 25.0 Å². The molecule has 32 heavy (non-hydrogen) atoms. The standard InChI is InChI=1S/C20H16ClF4N5O2/c21-11-5-9(1-2-12(11)22)18(26)16(19(27)31)15-8-30(4-3-28-15)20(32)29-10-6-13(23)17(25)14(24)7-10/h1-2,5-7H,3-4,8,26H2,(H2,27,31)(H,29,32). The van der Waals surface area contributed by atoms with Crippen LogP contribution in [0, 0.1) is 23.3 Å². The van der Waals surface area contributed by atoms with Crippen LogP contribution in [0.4, 0.5) is 28.0 Å². The van der Waals surface area contributed by atoms with E-state index in [2.05, 4.69) is 10.3 Å². The van der Waals surface area contributed by atoms with Crippen molar-refractivity contribution >= 4 is 40.6 Å². The van der Waals surface area contributed by atoms with Crippen LogP contribution in [0.5, 0.6) is 0 Å². The Morgan fingerprint density at radius 2 is 1.69 bits per heavy atom. The Labute approximate surface area is 184 Å². The van der Waals surface area contributed by atoms with Crippen molar-refractivity contribution in [3.05, 3.63) is 69.8 Å². The molecule has 0 atom stereocenters. The van der Waals surface area contributed by atoms with E-state index < -0.39 is 35.2 Å². The van der Waals surface area contributed by atoms with Gasteiger partial charge in [-0.3, -0.25) is 9.79 Å². The average molecular weight is 470 g/mol. The van der Waals surface area contributed by atoms with Crippen LogP contribution in [0.3, 0.4) is 0 Å². The predicted molar refractivity (Wildman–Crippen MR) is 111 cm³/mol. The Balaban J connectivity index is 1.85. The minimum absolute atomic E-state index is 0.0725. The summed E-state index contributed by atoms with van der Waals surface area (Å²) < 4.78 is 53.3. The molecule has 168 valence electrons. The first-order valence-electron chi connectivity index (χ1n) is 9.07. The van der Waals surface area contributed by atoms with Gasteiger partial charge in [0, 0.05) is 24.4 Å². The molecule has 5 N–H and O–H groups in total. The number of carbonyl (C=O) groups is 2. The zero-order chi connectivity index (χ0) is 23.6. The molecule has 0 spiro atoms. The van der Waals surface area contributed by atoms with Crippen molar-refractivity contribution in [3.63, 3.8) is 0 Å². The van der Waals surface area contributed by atoms with Gasteiger partial charge in [-0.15, -0.1) is 0 Å². The van der Waals surface area contributed by atoms with E-state index in [9.17, 15) is 27.2 Å². The topological polar surface area (TPSA) is 114 Å². The van der Waals surface area contributed by atoms with Gasteiger partial charge in [0.05, 0.1) is 35.1 Å². The van der Waals surface area contributed by atoms with Crippen molar-refractivity contribution < 1.29 is 27.2 Å². The van der Waals surface area contributed by atoms with E-state index in [-0.39, 0.29) is 52.9 Å². The number of hydrogen-bond donors (Lipinski definition) is 3. The van der Waals surface area contributed by atoms with E-state index in [1.807, 2.05) is 0 Å². The molecule has 3 amide bonds. The smallest absolute Gasteiger partial charge is 0.322 e. The van der Waals surface area contributed by atoms with Gasteiger partial charge < -0.3 is 21.7 Å². The minimum Gasteiger partial charge on any atom is -0.398 e. The largest absolute Gasteiger partial charge is 0.398 e. The molecule has 3 rings (SSSR count). The Hall–Kier alpha value is -3.60. The zero-order valence-electron chi connectivity index (χ0n) is 16.3. The summed E-state index contributed by atoms with van der Waals surface area (Å²) in [5.74, 6) is -6.22. The number of nitrogens with two attached hydrogens (primary N) is 2. The fourth-order valence-corrected chi connectivity index (χ4v) is 3.20. The highest BCUT2D eigenvalue weighted by molar-refractivity contribution is 6.31. The van der Waals surface area contributed by atoms with Gasteiger partial charge in [0.25, 0.3) is 5.91 Å². The van der Waals surface area contributed by atoms with Crippen LogP contribution in [0.1, 0.15) is 5.56 Å². The molecule has 12 heteroatoms. The summed E-state index contributed by atoms with van der Waals surface area (Å²) in [6.45, 7) is -0.0369. The lowest BCUT2D eigenvalue weighted by Crippen LogP contribution is -2.45. The molecule has 0 saturated carbocycles. The average Bonchev–Trinajstić information content (AvgIpc) is 2.74. The summed E-state index contributed by atoms with van der Waals surface area (Å²) in [5.41, 5.74) is 11.2. The molecule has 1 aliphatic rings. The van der Waals surface area contributed by atoms with Crippen molar-refractivity contribution in [3.8, 4) is 0 Å². The highest BCUT2D eigenvalue weighted by Crippen LogP contribution is 2.23. The predicted octanol–water partition coefficient (Wildman–Crippen LogP) is 3.04. The van der Waals surface area contributed by atoms with Crippen LogP contribution >= 0.6 is 11.6 Å². The normalized spacial score (nSPS) is 14.5. The maximum Gasteiger partial charge on any atom is 0.322 e. The number of halogens is 5. The summed E-state index contributed by atoms with van der Waals surface area (Å²) in [5, 5.41) is 2.02. The summed E-state index contributed by atoms with van der Waals surface area (Å²) in [7, 11) is 0. The maximum absolute atomic E-state index is 13.4. The summed E-state index contributed by atoms with van der Waals surface area (Å²) in [4.78, 5) is 30.0. The van der Waals surface area contributed by atoms with Crippen molar-refractivity contribution in [2.45, 2.75) is 0 Å². The van der Waals surface area contributed by atoms with Crippen LogP contribution < -0.4 is 16.8 Å². The van der Waals surface area contributed by atoms with Crippen LogP contribution in [0.15, 0.2) is 40.9 Å². The first kappa shape index (κ1) is 23.1. The molecule has 0 fully saturated rings. The molecule has 0 aromatic heterocycles. The second-order valence-corrected chi connectivity index (χ2v) is 7.12. The van der Waals surface area contributed by atoms with E-state index in [4.69, 9.17) is 23.1 Å². The molecular weight excluding hydrogens is 454 g/mol. The third-order valence-electron chi connectivity index (χ3n) is 4.57. The van der Waals surface area contributed by atoms with E-state index in [1.54, 1.807) is 0 Å². The molecule has 0 saturated heterocycles. The lowest BCUT2D eigenvalue weighted by Gasteiger charge is -2.28. The Morgan fingerprint density at radius 1 is 1.03 bits per heavy atom. The van der Waals surface area contributed by atoms with Gasteiger partial charge in [-0.05, 0) is 23.8 Å². The number of carbonyl (C=O) groups excluding carboxylic acids is 2. The fraction of sp³-hybridized carbons (Fsp3) is 0.150. The van der Waals surface area contributed by atoms with E-state index in [0.29, 0.717) is 12.1 Å². The van der Waals surface area contributed by atoms with Gasteiger partial charge in [0.2, 0.25) is 0 Å². The molecule has 0 unspecified atom stereocenters. The fourth-order valence-electron chi connectivity index (χ4n) is 3.02. The molecule has 0 radical (unpaired) electrons. The first-order valence-corrected chi connectivity index (χ1v) is 9.45. The van der Waals surface area contributed by atoms with Crippen LogP contribution in [-0.2, 0) is 4.79 Å². The molecule has 0 bridgehead atoms. The third-order valence-corrected chi connectivity index (χ3v) is 4.86. The number of hydrogen-bond acceptors (Lipinski definition) is 4. The molecule has 0 aliphatic carbocycles. The number of benzene rings is 2. The van der Waals surface area contributed by atoms with E-state index in [1.165, 1.54) is 17.0 Å². The Bertz CT molecular complexity index is 1150. The third kappa shape index (κ3) is 4.83. The Kier molecular flexibility index (Phi) is 6.68. The monoisotopic (exact) mass is 469 g/mol. The highest BCUT2D eigenvalue weighted by atomic mass is 35.5. The van der Waals surface area contributed by atoms with Gasteiger partial charge in [-0.2, -0.15) is 0 Å². The highest BCUT2D eigenvalue weighted by Gasteiger charge is 2.26. The molecular formula is C20H16ClF4N5O2. The molecule has 2 aromatic carbocycles. The van der Waals surface area contributed by atoms with Crippen molar-refractivity contribution in [1.82, 2.24) is 4.90 Å². The number of amides is 3. The minimum atomic E-state index is -1.66. The number of anilines is 1. The van der Waals surface area contributed by atoms with Crippen molar-refractivity contribution in [2.24, 2.45) is 16.5 Å². The second-order valence-electron chi connectivity index (χ2n) is 6.72. The SMILES string of the molecule is NC(=O)C(C1=NCCN(C(=O)Nc2cc(F)c(F)c(F)c2)C1)=C(N)c1ccc(F)c(Cl)c1. The molecule has 7 nitrogen and oxygen atoms in total. The van der Waals surface area contributed by atoms with Gasteiger partial charge in [-0.25, -0.2) is 22.4 Å². The molecule has 2 aromatic rings. The summed E-state index contributed by atoms with van der Waals surface area (Å²) >= 11 is 5.76. The lowest BCUT2D eigenvalue weighted by atomic mass is 10.0. The number of primary amides is 1. The summed E-state index contributed by atoms with van der Waals surface area (Å²) in [6, 6.07) is 4.04. The quantitative estimate of drug-likeness (QED) is 0.363. The zero-order valence-corrected chi connectivity index (χ0v) is 17.0. The first-order chi connectivity index (χ1) is 15.1. The molecule has 1 heterocycles. The van der Waals surface area contributed by atoms with E-state index in [0.717, 1.165) is 6.07 Å². The number of nitrogens with one attached hydrogen (secondary N) is 1. The van der Waals surface area contributed by atoms with Gasteiger partial charge in [0.15, 0.2) is 17.5 Å². The van der Waals surface area contributed by atoms with Crippen LogP contribution in [-0.4, -0.2) is 42.2 Å². The van der Waals surface area contributed by atoms with Gasteiger partial charge >= 0.3 is 6.03 Å². The summed E-state index contributed by atoms with van der Waals surface area (Å²) in [6.07, 6.45) is 0. The van der Waals surface area contributed by atoms with Crippen molar-refractivity contribution in [1.29, 1.82) is 0 Å². The van der Waals surface area contributed by atoms with Gasteiger partial charge in [-0.1, -0.05) is 11.6 Å². The van der Waals surface area contributed by atoms with E-state index >= 15 is 0 Å². The van der Waals surface area contributed by atoms with Crippen LogP contribution in [0.2, 0.25) is 5.02 Å². The Morgan fingerprint density at radius 3 is 2.28 bits per heavy atom. The number of aliphatic imine (C=N–C) groups is 1. The number of rotatable bonds is 4. The maximum atomic E-state index is 13.4. The number of urea groups is 1. The van der Waals surface area contributed by atoms with Gasteiger partial charge in [0.1, 0.15) is 5.82 Å².